The summed E-state index contributed by atoms with van der Waals surface area (Å²) in [5.74, 6) is 2.35. The molecule has 6 nitrogen and oxygen atoms in total. The van der Waals surface area contributed by atoms with Gasteiger partial charge in [-0.15, -0.1) is 21.5 Å². The average Bonchev–Trinajstić information content (AvgIpc) is 3.48. The molecule has 4 rings (SSSR count). The van der Waals surface area contributed by atoms with Crippen LogP contribution in [0, 0.1) is 11.3 Å². The minimum atomic E-state index is 0.221. The third-order valence-electron chi connectivity index (χ3n) is 4.41. The number of rotatable bonds is 8. The van der Waals surface area contributed by atoms with Crippen LogP contribution in [0.4, 0.5) is 0 Å². The van der Waals surface area contributed by atoms with E-state index in [2.05, 4.69) is 32.3 Å². The molecule has 0 N–H and O–H groups in total. The Balaban J connectivity index is 1.41. The van der Waals surface area contributed by atoms with Crippen LogP contribution in [0.25, 0.3) is 10.7 Å². The third-order valence-corrected chi connectivity index (χ3v) is 6.21. The Bertz CT molecular complexity index is 944. The van der Waals surface area contributed by atoms with Gasteiger partial charge in [0.15, 0.2) is 11.0 Å². The van der Waals surface area contributed by atoms with E-state index in [1.54, 1.807) is 35.2 Å². The molecular formula is C20H20N4O2S2. The molecule has 2 aromatic heterocycles. The van der Waals surface area contributed by atoms with E-state index in [1.807, 2.05) is 18.2 Å². The van der Waals surface area contributed by atoms with Crippen LogP contribution in [0.5, 0.6) is 5.75 Å². The molecule has 3 heterocycles. The largest absolute Gasteiger partial charge is 0.493 e. The summed E-state index contributed by atoms with van der Waals surface area (Å²) in [4.78, 5) is 1.11. The summed E-state index contributed by atoms with van der Waals surface area (Å²) >= 11 is 3.29. The van der Waals surface area contributed by atoms with Crippen LogP contribution in [-0.2, 0) is 11.3 Å². The van der Waals surface area contributed by atoms with Crippen molar-refractivity contribution in [3.8, 4) is 22.5 Å². The highest BCUT2D eigenvalue weighted by Crippen LogP contribution is 2.29. The first kappa shape index (κ1) is 19.0. The van der Waals surface area contributed by atoms with Gasteiger partial charge in [-0.3, -0.25) is 4.57 Å². The summed E-state index contributed by atoms with van der Waals surface area (Å²) < 4.78 is 13.8. The summed E-state index contributed by atoms with van der Waals surface area (Å²) in [5, 5.41) is 20.8. The molecule has 0 radical (unpaired) electrons. The molecule has 1 aliphatic rings. The topological polar surface area (TPSA) is 73.0 Å². The zero-order chi connectivity index (χ0) is 19.2. The third kappa shape index (κ3) is 4.55. The molecule has 0 aliphatic carbocycles. The predicted molar refractivity (Wildman–Crippen MR) is 110 cm³/mol. The fourth-order valence-electron chi connectivity index (χ4n) is 3.09. The van der Waals surface area contributed by atoms with Crippen molar-refractivity contribution in [2.24, 2.45) is 0 Å². The molecule has 28 heavy (non-hydrogen) atoms. The summed E-state index contributed by atoms with van der Waals surface area (Å²) in [6.07, 6.45) is 2.41. The highest BCUT2D eigenvalue weighted by molar-refractivity contribution is 7.99. The second-order valence-electron chi connectivity index (χ2n) is 6.37. The number of thioether (sulfide) groups is 1. The van der Waals surface area contributed by atoms with Crippen LogP contribution in [0.3, 0.4) is 0 Å². The maximum atomic E-state index is 8.97. The lowest BCUT2D eigenvalue weighted by molar-refractivity contribution is 0.0953. The molecule has 0 bridgehead atoms. The fourth-order valence-corrected chi connectivity index (χ4v) is 4.57. The normalized spacial score (nSPS) is 16.2. The van der Waals surface area contributed by atoms with Gasteiger partial charge < -0.3 is 9.47 Å². The van der Waals surface area contributed by atoms with E-state index in [9.17, 15) is 0 Å². The molecule has 8 heteroatoms. The van der Waals surface area contributed by atoms with Gasteiger partial charge in [-0.05, 0) is 42.5 Å². The predicted octanol–water partition coefficient (Wildman–Crippen LogP) is 4.23. The van der Waals surface area contributed by atoms with E-state index < -0.39 is 0 Å². The van der Waals surface area contributed by atoms with Crippen LogP contribution < -0.4 is 4.74 Å². The van der Waals surface area contributed by atoms with Gasteiger partial charge in [-0.2, -0.15) is 5.26 Å². The molecule has 1 atom stereocenters. The Morgan fingerprint density at radius 2 is 2.29 bits per heavy atom. The maximum Gasteiger partial charge on any atom is 0.191 e. The van der Waals surface area contributed by atoms with Crippen molar-refractivity contribution in [2.45, 2.75) is 30.6 Å². The summed E-state index contributed by atoms with van der Waals surface area (Å²) in [6.45, 7) is 2.13. The van der Waals surface area contributed by atoms with E-state index in [0.717, 1.165) is 47.6 Å². The molecule has 144 valence electrons. The molecule has 3 aromatic rings. The molecule has 0 amide bonds. The summed E-state index contributed by atoms with van der Waals surface area (Å²) in [7, 11) is 0. The zero-order valence-corrected chi connectivity index (χ0v) is 16.9. The SMILES string of the molecule is N#Cc1cccc(OCCSc2nnc(-c3cccs3)n2CC2CCCO2)c1. The van der Waals surface area contributed by atoms with Crippen molar-refractivity contribution < 1.29 is 9.47 Å². The van der Waals surface area contributed by atoms with E-state index in [-0.39, 0.29) is 6.10 Å². The van der Waals surface area contributed by atoms with E-state index in [4.69, 9.17) is 14.7 Å². The number of aromatic nitrogens is 3. The number of hydrogen-bond donors (Lipinski definition) is 0. The Morgan fingerprint density at radius 3 is 3.07 bits per heavy atom. The van der Waals surface area contributed by atoms with Crippen LogP contribution in [0.2, 0.25) is 0 Å². The molecule has 0 saturated carbocycles. The van der Waals surface area contributed by atoms with Crippen LogP contribution in [-0.4, -0.2) is 39.8 Å². The van der Waals surface area contributed by atoms with Gasteiger partial charge in [-0.25, -0.2) is 0 Å². The minimum absolute atomic E-state index is 0.221. The van der Waals surface area contributed by atoms with Crippen LogP contribution >= 0.6 is 23.1 Å². The van der Waals surface area contributed by atoms with Gasteiger partial charge >= 0.3 is 0 Å². The van der Waals surface area contributed by atoms with Crippen LogP contribution in [0.15, 0.2) is 46.9 Å². The smallest absolute Gasteiger partial charge is 0.191 e. The number of hydrogen-bond acceptors (Lipinski definition) is 7. The Hall–Kier alpha value is -2.34. The lowest BCUT2D eigenvalue weighted by atomic mass is 10.2. The lowest BCUT2D eigenvalue weighted by Crippen LogP contribution is -2.16. The number of nitriles is 1. The Labute approximate surface area is 172 Å². The first-order valence-corrected chi connectivity index (χ1v) is 11.0. The number of nitrogens with zero attached hydrogens (tertiary/aromatic N) is 4. The first-order valence-electron chi connectivity index (χ1n) is 9.18. The van der Waals surface area contributed by atoms with Crippen molar-refractivity contribution in [2.75, 3.05) is 19.0 Å². The Morgan fingerprint density at radius 1 is 1.32 bits per heavy atom. The monoisotopic (exact) mass is 412 g/mol. The van der Waals surface area contributed by atoms with Crippen molar-refractivity contribution in [3.05, 3.63) is 47.3 Å². The average molecular weight is 413 g/mol. The molecule has 1 fully saturated rings. The quantitative estimate of drug-likeness (QED) is 0.407. The van der Waals surface area contributed by atoms with E-state index >= 15 is 0 Å². The zero-order valence-electron chi connectivity index (χ0n) is 15.3. The van der Waals surface area contributed by atoms with Gasteiger partial charge in [0.05, 0.1) is 35.8 Å². The van der Waals surface area contributed by atoms with E-state index in [1.165, 1.54) is 0 Å². The number of benzene rings is 1. The van der Waals surface area contributed by atoms with Gasteiger partial charge in [0.2, 0.25) is 0 Å². The van der Waals surface area contributed by atoms with Gasteiger partial charge in [0.25, 0.3) is 0 Å². The van der Waals surface area contributed by atoms with Crippen molar-refractivity contribution in [1.29, 1.82) is 5.26 Å². The highest BCUT2D eigenvalue weighted by atomic mass is 32.2. The second-order valence-corrected chi connectivity index (χ2v) is 8.38. The molecule has 1 aromatic carbocycles. The first-order chi connectivity index (χ1) is 13.8. The molecular weight excluding hydrogens is 392 g/mol. The number of ether oxygens (including phenoxy) is 2. The highest BCUT2D eigenvalue weighted by Gasteiger charge is 2.22. The molecule has 1 aliphatic heterocycles. The maximum absolute atomic E-state index is 8.97. The Kier molecular flexibility index (Phi) is 6.27. The standard InChI is InChI=1S/C20H20N4O2S2/c21-13-15-4-1-5-16(12-15)26-9-11-28-20-23-22-19(18-7-3-10-27-18)24(20)14-17-6-2-8-25-17/h1,3-5,7,10,12,17H,2,6,8-9,11,14H2. The van der Waals surface area contributed by atoms with Gasteiger partial charge in [0, 0.05) is 12.4 Å². The van der Waals surface area contributed by atoms with Crippen LogP contribution in [0.1, 0.15) is 18.4 Å². The van der Waals surface area contributed by atoms with E-state index in [0.29, 0.717) is 17.9 Å². The summed E-state index contributed by atoms with van der Waals surface area (Å²) in [6, 6.07) is 13.4. The molecule has 1 saturated heterocycles. The summed E-state index contributed by atoms with van der Waals surface area (Å²) in [5.41, 5.74) is 0.599. The molecule has 0 spiro atoms. The van der Waals surface area contributed by atoms with Gasteiger partial charge in [0.1, 0.15) is 5.75 Å². The minimum Gasteiger partial charge on any atom is -0.493 e. The number of thiophene rings is 1. The second kappa shape index (κ2) is 9.24. The van der Waals surface area contributed by atoms with Gasteiger partial charge in [-0.1, -0.05) is 23.9 Å². The molecule has 1 unspecified atom stereocenters. The van der Waals surface area contributed by atoms with Crippen molar-refractivity contribution >= 4 is 23.1 Å². The van der Waals surface area contributed by atoms with Crippen molar-refractivity contribution in [1.82, 2.24) is 14.8 Å². The fraction of sp³-hybridized carbons (Fsp3) is 0.350. The lowest BCUT2D eigenvalue weighted by Gasteiger charge is -2.14. The van der Waals surface area contributed by atoms with Crippen molar-refractivity contribution in [3.63, 3.8) is 0 Å².